The van der Waals surface area contributed by atoms with Gasteiger partial charge in [-0.2, -0.15) is 0 Å². The maximum atomic E-state index is 12.1. The Morgan fingerprint density at radius 1 is 1.00 bits per heavy atom. The summed E-state index contributed by atoms with van der Waals surface area (Å²) in [5, 5.41) is 8.74. The molecular formula is C21H15ClN2O2S2. The number of halogens is 1. The zero-order valence-corrected chi connectivity index (χ0v) is 17.0. The van der Waals surface area contributed by atoms with Gasteiger partial charge >= 0.3 is 0 Å². The quantitative estimate of drug-likeness (QED) is 0.317. The molecule has 28 heavy (non-hydrogen) atoms. The van der Waals surface area contributed by atoms with Crippen molar-refractivity contribution >= 4 is 74.2 Å². The van der Waals surface area contributed by atoms with Crippen molar-refractivity contribution in [2.24, 2.45) is 0 Å². The Balaban J connectivity index is 1.37. The van der Waals surface area contributed by atoms with E-state index in [4.69, 9.17) is 28.2 Å². The molecule has 3 aromatic carbocycles. The third-order valence-corrected chi connectivity index (χ3v) is 5.54. The van der Waals surface area contributed by atoms with Crippen LogP contribution in [0.15, 0.2) is 76.0 Å². The van der Waals surface area contributed by atoms with Gasteiger partial charge in [-0.1, -0.05) is 29.8 Å². The lowest BCUT2D eigenvalue weighted by atomic mass is 10.1. The van der Waals surface area contributed by atoms with Crippen molar-refractivity contribution in [1.82, 2.24) is 5.32 Å². The van der Waals surface area contributed by atoms with Gasteiger partial charge in [0.2, 0.25) is 5.91 Å². The molecular weight excluding hydrogens is 412 g/mol. The Morgan fingerprint density at radius 3 is 2.57 bits per heavy atom. The summed E-state index contributed by atoms with van der Waals surface area (Å²) in [5.74, 6) is 0.0776. The Labute approximate surface area is 176 Å². The number of anilines is 1. The number of rotatable bonds is 4. The van der Waals surface area contributed by atoms with Crippen molar-refractivity contribution in [3.05, 3.63) is 71.8 Å². The van der Waals surface area contributed by atoms with Crippen molar-refractivity contribution in [3.8, 4) is 0 Å². The number of carbonyl (C=O) groups excluding carboxylic acids is 1. The molecule has 1 aromatic heterocycles. The maximum Gasteiger partial charge on any atom is 0.236 e. The van der Waals surface area contributed by atoms with Crippen molar-refractivity contribution in [3.63, 3.8) is 0 Å². The van der Waals surface area contributed by atoms with Crippen LogP contribution in [-0.4, -0.2) is 16.8 Å². The lowest BCUT2D eigenvalue weighted by Crippen LogP contribution is -2.35. The first-order valence-electron chi connectivity index (χ1n) is 8.49. The van der Waals surface area contributed by atoms with E-state index in [1.54, 1.807) is 12.1 Å². The predicted octanol–water partition coefficient (Wildman–Crippen LogP) is 5.84. The van der Waals surface area contributed by atoms with Crippen LogP contribution in [0.1, 0.15) is 0 Å². The van der Waals surface area contributed by atoms with Crippen LogP contribution < -0.4 is 10.6 Å². The average Bonchev–Trinajstić information content (AvgIpc) is 3.05. The Kier molecular flexibility index (Phi) is 5.52. The zero-order valence-electron chi connectivity index (χ0n) is 14.6. The van der Waals surface area contributed by atoms with E-state index in [2.05, 4.69) is 10.6 Å². The number of hydrogen-bond donors (Lipinski definition) is 2. The molecule has 0 atom stereocenters. The molecule has 0 radical (unpaired) electrons. The molecule has 1 heterocycles. The van der Waals surface area contributed by atoms with Crippen LogP contribution in [0.4, 0.5) is 5.69 Å². The minimum atomic E-state index is -0.178. The van der Waals surface area contributed by atoms with Crippen LogP contribution in [0.25, 0.3) is 21.9 Å². The lowest BCUT2D eigenvalue weighted by Gasteiger charge is -2.09. The number of fused-ring (bicyclic) bond motifs is 3. The van der Waals surface area contributed by atoms with E-state index in [-0.39, 0.29) is 16.8 Å². The Hall–Kier alpha value is -2.54. The highest BCUT2D eigenvalue weighted by Crippen LogP contribution is 2.30. The van der Waals surface area contributed by atoms with Gasteiger partial charge < -0.3 is 15.1 Å². The standard InChI is InChI=1S/C21H15ClN2O2S2/c22-13-5-8-15(9-6-13)28-12-20(25)24-21(27)23-14-7-10-17-16-3-1-2-4-18(16)26-19(17)11-14/h1-11H,12H2,(H2,23,24,25,27). The average molecular weight is 427 g/mol. The largest absolute Gasteiger partial charge is 0.456 e. The molecule has 0 unspecified atom stereocenters. The number of carbonyl (C=O) groups is 1. The highest BCUT2D eigenvalue weighted by Gasteiger charge is 2.09. The monoisotopic (exact) mass is 426 g/mol. The number of hydrogen-bond acceptors (Lipinski definition) is 4. The second kappa shape index (κ2) is 8.22. The molecule has 0 saturated heterocycles. The molecule has 1 amide bonds. The smallest absolute Gasteiger partial charge is 0.236 e. The molecule has 0 aliphatic heterocycles. The lowest BCUT2D eigenvalue weighted by molar-refractivity contribution is -0.117. The summed E-state index contributed by atoms with van der Waals surface area (Å²) in [6.45, 7) is 0. The molecule has 2 N–H and O–H groups in total. The Morgan fingerprint density at radius 2 is 1.75 bits per heavy atom. The highest BCUT2D eigenvalue weighted by molar-refractivity contribution is 8.00. The summed E-state index contributed by atoms with van der Waals surface area (Å²) in [6, 6.07) is 21.0. The predicted molar refractivity (Wildman–Crippen MR) is 120 cm³/mol. The van der Waals surface area contributed by atoms with Gasteiger partial charge in [0.1, 0.15) is 11.2 Å². The summed E-state index contributed by atoms with van der Waals surface area (Å²) in [5.41, 5.74) is 2.35. The van der Waals surface area contributed by atoms with Gasteiger partial charge in [0.25, 0.3) is 0 Å². The number of benzene rings is 3. The SMILES string of the molecule is O=C(CSc1ccc(Cl)cc1)NC(=S)Nc1ccc2c(c1)oc1ccccc12. The van der Waals surface area contributed by atoms with Crippen molar-refractivity contribution in [2.45, 2.75) is 4.90 Å². The minimum Gasteiger partial charge on any atom is -0.456 e. The summed E-state index contributed by atoms with van der Waals surface area (Å²) in [4.78, 5) is 13.1. The van der Waals surface area contributed by atoms with E-state index in [9.17, 15) is 4.79 Å². The third-order valence-electron chi connectivity index (χ3n) is 4.07. The fourth-order valence-corrected chi connectivity index (χ4v) is 3.86. The van der Waals surface area contributed by atoms with Crippen LogP contribution in [0.2, 0.25) is 5.02 Å². The van der Waals surface area contributed by atoms with Gasteiger partial charge in [-0.05, 0) is 54.7 Å². The first-order chi connectivity index (χ1) is 13.6. The summed E-state index contributed by atoms with van der Waals surface area (Å²) in [7, 11) is 0. The second-order valence-electron chi connectivity index (χ2n) is 6.05. The molecule has 0 spiro atoms. The van der Waals surface area contributed by atoms with E-state index in [1.807, 2.05) is 54.6 Å². The van der Waals surface area contributed by atoms with Crippen molar-refractivity contribution in [1.29, 1.82) is 0 Å². The first kappa shape index (κ1) is 18.8. The topological polar surface area (TPSA) is 54.3 Å². The molecule has 0 bridgehead atoms. The van der Waals surface area contributed by atoms with Gasteiger partial charge in [-0.25, -0.2) is 0 Å². The second-order valence-corrected chi connectivity index (χ2v) is 7.95. The van der Waals surface area contributed by atoms with Gasteiger partial charge in [0.05, 0.1) is 5.75 Å². The van der Waals surface area contributed by atoms with Crippen LogP contribution in [0.3, 0.4) is 0 Å². The molecule has 4 aromatic rings. The number of thiocarbonyl (C=S) groups is 1. The normalized spacial score (nSPS) is 10.9. The molecule has 0 aliphatic rings. The van der Waals surface area contributed by atoms with E-state index in [1.165, 1.54) is 11.8 Å². The molecule has 4 nitrogen and oxygen atoms in total. The van der Waals surface area contributed by atoms with Gasteiger partial charge in [0, 0.05) is 32.4 Å². The molecule has 4 rings (SSSR count). The van der Waals surface area contributed by atoms with Crippen LogP contribution >= 0.6 is 35.6 Å². The molecule has 0 fully saturated rings. The molecule has 0 saturated carbocycles. The van der Waals surface area contributed by atoms with Gasteiger partial charge in [-0.15, -0.1) is 11.8 Å². The minimum absolute atomic E-state index is 0.178. The van der Waals surface area contributed by atoms with Crippen LogP contribution in [0, 0.1) is 0 Å². The number of nitrogens with one attached hydrogen (secondary N) is 2. The molecule has 7 heteroatoms. The number of para-hydroxylation sites is 1. The zero-order chi connectivity index (χ0) is 19.5. The summed E-state index contributed by atoms with van der Waals surface area (Å²) in [6.07, 6.45) is 0. The fourth-order valence-electron chi connectivity index (χ4n) is 2.81. The third kappa shape index (κ3) is 4.30. The summed E-state index contributed by atoms with van der Waals surface area (Å²) < 4.78 is 5.87. The Bertz CT molecular complexity index is 1170. The van der Waals surface area contributed by atoms with E-state index < -0.39 is 0 Å². The van der Waals surface area contributed by atoms with Crippen LogP contribution in [0.5, 0.6) is 0 Å². The van der Waals surface area contributed by atoms with Crippen molar-refractivity contribution in [2.75, 3.05) is 11.1 Å². The fraction of sp³-hybridized carbons (Fsp3) is 0.0476. The van der Waals surface area contributed by atoms with Gasteiger partial charge in [-0.3, -0.25) is 4.79 Å². The highest BCUT2D eigenvalue weighted by atomic mass is 35.5. The number of amides is 1. The number of furan rings is 1. The molecule has 140 valence electrons. The summed E-state index contributed by atoms with van der Waals surface area (Å²) >= 11 is 12.5. The van der Waals surface area contributed by atoms with E-state index >= 15 is 0 Å². The van der Waals surface area contributed by atoms with Crippen LogP contribution in [-0.2, 0) is 4.79 Å². The van der Waals surface area contributed by atoms with Crippen molar-refractivity contribution < 1.29 is 9.21 Å². The molecule has 0 aliphatic carbocycles. The number of thioether (sulfide) groups is 1. The van der Waals surface area contributed by atoms with Gasteiger partial charge in [0.15, 0.2) is 5.11 Å². The maximum absolute atomic E-state index is 12.1. The van der Waals surface area contributed by atoms with E-state index in [0.29, 0.717) is 5.02 Å². The first-order valence-corrected chi connectivity index (χ1v) is 10.3. The van der Waals surface area contributed by atoms with E-state index in [0.717, 1.165) is 32.5 Å².